The summed E-state index contributed by atoms with van der Waals surface area (Å²) >= 11 is 0. The van der Waals surface area contributed by atoms with Gasteiger partial charge in [0.2, 0.25) is 5.91 Å². The molecule has 0 aliphatic carbocycles. The predicted octanol–water partition coefficient (Wildman–Crippen LogP) is 0.800. The van der Waals surface area contributed by atoms with Crippen LogP contribution in [-0.4, -0.2) is 44.5 Å². The Balaban J connectivity index is 1.78. The predicted molar refractivity (Wildman–Crippen MR) is 82.1 cm³/mol. The smallest absolute Gasteiger partial charge is 0.306 e. The minimum Gasteiger partial charge on any atom is -0.466 e. The molecule has 8 nitrogen and oxygen atoms in total. The Morgan fingerprint density at radius 2 is 2.09 bits per heavy atom. The van der Waals surface area contributed by atoms with Gasteiger partial charge >= 0.3 is 5.97 Å². The van der Waals surface area contributed by atoms with Gasteiger partial charge in [-0.05, 0) is 6.92 Å². The first-order chi connectivity index (χ1) is 11.2. The van der Waals surface area contributed by atoms with Crippen LogP contribution in [0.5, 0.6) is 0 Å². The second kappa shape index (κ2) is 8.62. The van der Waals surface area contributed by atoms with E-state index in [1.54, 1.807) is 31.7 Å². The normalized spacial score (nSPS) is 10.3. The van der Waals surface area contributed by atoms with Gasteiger partial charge in [0, 0.05) is 44.3 Å². The monoisotopic (exact) mass is 317 g/mol. The Labute approximate surface area is 133 Å². The molecule has 2 aromatic heterocycles. The number of hydrogen-bond acceptors (Lipinski definition) is 6. The van der Waals surface area contributed by atoms with E-state index in [4.69, 9.17) is 4.74 Å². The Morgan fingerprint density at radius 3 is 2.83 bits per heavy atom. The third-order valence-electron chi connectivity index (χ3n) is 3.04. The molecule has 0 unspecified atom stereocenters. The third-order valence-corrected chi connectivity index (χ3v) is 3.04. The van der Waals surface area contributed by atoms with Gasteiger partial charge < -0.3 is 14.6 Å². The summed E-state index contributed by atoms with van der Waals surface area (Å²) in [4.78, 5) is 35.3. The number of imidazole rings is 1. The number of amides is 1. The fourth-order valence-electron chi connectivity index (χ4n) is 1.99. The molecule has 1 N–H and O–H groups in total. The lowest BCUT2D eigenvalue weighted by Crippen LogP contribution is -2.27. The van der Waals surface area contributed by atoms with Crippen LogP contribution in [-0.2, 0) is 20.9 Å². The van der Waals surface area contributed by atoms with Crippen LogP contribution in [0.15, 0.2) is 31.0 Å². The van der Waals surface area contributed by atoms with Crippen LogP contribution in [0.1, 0.15) is 19.8 Å². The molecule has 2 rings (SSSR count). The number of ether oxygens (including phenoxy) is 1. The van der Waals surface area contributed by atoms with Gasteiger partial charge in [-0.1, -0.05) is 0 Å². The van der Waals surface area contributed by atoms with Gasteiger partial charge in [0.05, 0.1) is 19.2 Å². The summed E-state index contributed by atoms with van der Waals surface area (Å²) in [6, 6.07) is 0. The van der Waals surface area contributed by atoms with E-state index in [-0.39, 0.29) is 24.7 Å². The van der Waals surface area contributed by atoms with Crippen molar-refractivity contribution in [3.8, 4) is 11.5 Å². The fraction of sp³-hybridized carbons (Fsp3) is 0.400. The van der Waals surface area contributed by atoms with Crippen molar-refractivity contribution in [3.05, 3.63) is 31.0 Å². The van der Waals surface area contributed by atoms with Gasteiger partial charge in [-0.2, -0.15) is 0 Å². The molecule has 8 heteroatoms. The van der Waals surface area contributed by atoms with Gasteiger partial charge in [0.1, 0.15) is 5.69 Å². The first-order valence-corrected chi connectivity index (χ1v) is 7.40. The Kier molecular flexibility index (Phi) is 6.22. The Bertz CT molecular complexity index is 642. The van der Waals surface area contributed by atoms with E-state index in [1.807, 2.05) is 10.8 Å². The SMILES string of the molecule is CCOC(=O)CCC(=O)NCCn1ccnc1-c1cnccn1. The Hall–Kier alpha value is -2.77. The molecule has 122 valence electrons. The van der Waals surface area contributed by atoms with E-state index in [0.717, 1.165) is 0 Å². The molecule has 0 atom stereocenters. The number of aromatic nitrogens is 4. The number of esters is 1. The van der Waals surface area contributed by atoms with Crippen LogP contribution >= 0.6 is 0 Å². The molecule has 23 heavy (non-hydrogen) atoms. The summed E-state index contributed by atoms with van der Waals surface area (Å²) in [5, 5.41) is 2.77. The van der Waals surface area contributed by atoms with Crippen LogP contribution in [0.25, 0.3) is 11.5 Å². The highest BCUT2D eigenvalue weighted by Gasteiger charge is 2.09. The maximum Gasteiger partial charge on any atom is 0.306 e. The second-order valence-electron chi connectivity index (χ2n) is 4.69. The summed E-state index contributed by atoms with van der Waals surface area (Å²) in [6.45, 7) is 3.05. The van der Waals surface area contributed by atoms with Crippen molar-refractivity contribution in [3.63, 3.8) is 0 Å². The van der Waals surface area contributed by atoms with Gasteiger partial charge in [0.25, 0.3) is 0 Å². The molecule has 0 aliphatic heterocycles. The molecule has 0 fully saturated rings. The number of nitrogens with one attached hydrogen (secondary N) is 1. The molecule has 2 heterocycles. The molecule has 2 aromatic rings. The number of rotatable bonds is 8. The zero-order chi connectivity index (χ0) is 16.5. The van der Waals surface area contributed by atoms with Crippen LogP contribution < -0.4 is 5.32 Å². The molecule has 0 aromatic carbocycles. The Morgan fingerprint density at radius 1 is 1.22 bits per heavy atom. The van der Waals surface area contributed by atoms with Crippen molar-refractivity contribution in [1.82, 2.24) is 24.8 Å². The first kappa shape index (κ1) is 16.6. The molecule has 0 aliphatic rings. The van der Waals surface area contributed by atoms with Crippen molar-refractivity contribution in [2.75, 3.05) is 13.2 Å². The second-order valence-corrected chi connectivity index (χ2v) is 4.69. The summed E-state index contributed by atoms with van der Waals surface area (Å²) in [7, 11) is 0. The van der Waals surface area contributed by atoms with Crippen molar-refractivity contribution < 1.29 is 14.3 Å². The molecule has 0 saturated heterocycles. The molecule has 0 radical (unpaired) electrons. The van der Waals surface area contributed by atoms with E-state index >= 15 is 0 Å². The van der Waals surface area contributed by atoms with Gasteiger partial charge in [-0.3, -0.25) is 14.6 Å². The maximum atomic E-state index is 11.7. The van der Waals surface area contributed by atoms with E-state index in [0.29, 0.717) is 31.2 Å². The van der Waals surface area contributed by atoms with Gasteiger partial charge in [0.15, 0.2) is 5.82 Å². The highest BCUT2D eigenvalue weighted by molar-refractivity contribution is 5.81. The number of nitrogens with zero attached hydrogens (tertiary/aromatic N) is 4. The van der Waals surface area contributed by atoms with Crippen molar-refractivity contribution in [1.29, 1.82) is 0 Å². The molecular formula is C15H19N5O3. The molecule has 0 bridgehead atoms. The van der Waals surface area contributed by atoms with Gasteiger partial charge in [-0.15, -0.1) is 0 Å². The van der Waals surface area contributed by atoms with E-state index in [9.17, 15) is 9.59 Å². The summed E-state index contributed by atoms with van der Waals surface area (Å²) in [5.41, 5.74) is 0.672. The van der Waals surface area contributed by atoms with Crippen LogP contribution in [0.3, 0.4) is 0 Å². The minimum atomic E-state index is -0.359. The fourth-order valence-corrected chi connectivity index (χ4v) is 1.99. The lowest BCUT2D eigenvalue weighted by Gasteiger charge is -2.08. The quantitative estimate of drug-likeness (QED) is 0.723. The topological polar surface area (TPSA) is 99.0 Å². The summed E-state index contributed by atoms with van der Waals surface area (Å²) in [6.07, 6.45) is 8.54. The molecule has 1 amide bonds. The lowest BCUT2D eigenvalue weighted by molar-refractivity contribution is -0.144. The molecular weight excluding hydrogens is 298 g/mol. The van der Waals surface area contributed by atoms with Gasteiger partial charge in [-0.25, -0.2) is 9.97 Å². The zero-order valence-corrected chi connectivity index (χ0v) is 12.9. The van der Waals surface area contributed by atoms with Crippen molar-refractivity contribution in [2.45, 2.75) is 26.3 Å². The van der Waals surface area contributed by atoms with Crippen LogP contribution in [0.2, 0.25) is 0 Å². The summed E-state index contributed by atoms with van der Waals surface area (Å²) < 4.78 is 6.66. The lowest BCUT2D eigenvalue weighted by atomic mass is 10.3. The largest absolute Gasteiger partial charge is 0.466 e. The van der Waals surface area contributed by atoms with E-state index < -0.39 is 0 Å². The molecule has 0 saturated carbocycles. The highest BCUT2D eigenvalue weighted by atomic mass is 16.5. The van der Waals surface area contributed by atoms with Crippen molar-refractivity contribution >= 4 is 11.9 Å². The average molecular weight is 317 g/mol. The third kappa shape index (κ3) is 5.17. The van der Waals surface area contributed by atoms with E-state index in [1.165, 1.54) is 0 Å². The number of carbonyl (C=O) groups is 2. The highest BCUT2D eigenvalue weighted by Crippen LogP contribution is 2.12. The standard InChI is InChI=1S/C15H19N5O3/c1-2-23-14(22)4-3-13(21)18-7-9-20-10-8-19-15(20)12-11-16-5-6-17-12/h5-6,8,10-11H,2-4,7,9H2,1H3,(H,18,21). The first-order valence-electron chi connectivity index (χ1n) is 7.40. The zero-order valence-electron chi connectivity index (χ0n) is 12.9. The van der Waals surface area contributed by atoms with Crippen LogP contribution in [0, 0.1) is 0 Å². The minimum absolute atomic E-state index is 0.0929. The van der Waals surface area contributed by atoms with Crippen LogP contribution in [0.4, 0.5) is 0 Å². The number of hydrogen-bond donors (Lipinski definition) is 1. The molecule has 0 spiro atoms. The maximum absolute atomic E-state index is 11.7. The van der Waals surface area contributed by atoms with E-state index in [2.05, 4.69) is 20.3 Å². The van der Waals surface area contributed by atoms with Crippen molar-refractivity contribution in [2.24, 2.45) is 0 Å². The number of carbonyl (C=O) groups excluding carboxylic acids is 2. The summed E-state index contributed by atoms with van der Waals surface area (Å²) in [5.74, 6) is 0.153. The average Bonchev–Trinajstić information content (AvgIpc) is 3.02.